The molecule has 0 spiro atoms. The maximum absolute atomic E-state index is 11.8. The van der Waals surface area contributed by atoms with Crippen LogP contribution in [0, 0.1) is 0 Å². The SMILES string of the molecule is CCOC(=O)N1CCC(Nc2cnnc(NC3CCCCCC3)n2)CC1. The Morgan fingerprint density at radius 1 is 1.12 bits per heavy atom. The molecule has 8 nitrogen and oxygen atoms in total. The van der Waals surface area contributed by atoms with Gasteiger partial charge in [0.05, 0.1) is 12.8 Å². The Bertz CT molecular complexity index is 569. The molecule has 1 aliphatic heterocycles. The standard InChI is InChI=1S/C18H30N6O2/c1-2-26-18(25)24-11-9-15(10-12-24)20-16-13-19-23-17(22-16)21-14-7-5-3-4-6-8-14/h13-15H,2-12H2,1H3,(H2,20,21,22,23). The lowest BCUT2D eigenvalue weighted by atomic mass is 10.1. The molecule has 1 aliphatic carbocycles. The first-order valence-corrected chi connectivity index (χ1v) is 9.89. The Hall–Kier alpha value is -2.12. The van der Waals surface area contributed by atoms with E-state index in [1.54, 1.807) is 11.1 Å². The number of rotatable bonds is 5. The van der Waals surface area contributed by atoms with Crippen LogP contribution in [-0.2, 0) is 4.74 Å². The van der Waals surface area contributed by atoms with Gasteiger partial charge < -0.3 is 20.3 Å². The molecule has 2 N–H and O–H groups in total. The quantitative estimate of drug-likeness (QED) is 0.778. The van der Waals surface area contributed by atoms with Gasteiger partial charge >= 0.3 is 6.09 Å². The molecule has 0 unspecified atom stereocenters. The number of hydrogen-bond donors (Lipinski definition) is 2. The second-order valence-corrected chi connectivity index (χ2v) is 7.10. The van der Waals surface area contributed by atoms with Crippen LogP contribution in [0.3, 0.4) is 0 Å². The third-order valence-corrected chi connectivity index (χ3v) is 5.12. The summed E-state index contributed by atoms with van der Waals surface area (Å²) < 4.78 is 5.06. The van der Waals surface area contributed by atoms with Crippen LogP contribution in [0.5, 0.6) is 0 Å². The number of carbonyl (C=O) groups excluding carboxylic acids is 1. The highest BCUT2D eigenvalue weighted by Crippen LogP contribution is 2.20. The molecule has 1 saturated heterocycles. The average molecular weight is 362 g/mol. The number of ether oxygens (including phenoxy) is 1. The lowest BCUT2D eigenvalue weighted by Crippen LogP contribution is -2.42. The van der Waals surface area contributed by atoms with Gasteiger partial charge in [-0.15, -0.1) is 5.10 Å². The molecule has 8 heteroatoms. The zero-order chi connectivity index (χ0) is 18.2. The zero-order valence-corrected chi connectivity index (χ0v) is 15.6. The van der Waals surface area contributed by atoms with E-state index in [-0.39, 0.29) is 12.1 Å². The highest BCUT2D eigenvalue weighted by molar-refractivity contribution is 5.67. The van der Waals surface area contributed by atoms with E-state index in [0.29, 0.717) is 31.7 Å². The van der Waals surface area contributed by atoms with Crippen LogP contribution >= 0.6 is 0 Å². The number of hydrogen-bond acceptors (Lipinski definition) is 7. The molecule has 144 valence electrons. The maximum Gasteiger partial charge on any atom is 0.409 e. The highest BCUT2D eigenvalue weighted by atomic mass is 16.6. The van der Waals surface area contributed by atoms with Crippen molar-refractivity contribution in [1.82, 2.24) is 20.1 Å². The molecule has 3 rings (SSSR count). The van der Waals surface area contributed by atoms with Gasteiger partial charge in [-0.25, -0.2) is 4.79 Å². The van der Waals surface area contributed by atoms with Crippen molar-refractivity contribution in [2.45, 2.75) is 70.4 Å². The maximum atomic E-state index is 11.8. The van der Waals surface area contributed by atoms with Crippen LogP contribution in [0.25, 0.3) is 0 Å². The summed E-state index contributed by atoms with van der Waals surface area (Å²) in [5.74, 6) is 1.34. The number of piperidine rings is 1. The number of aromatic nitrogens is 3. The second kappa shape index (κ2) is 9.54. The predicted octanol–water partition coefficient (Wildman–Crippen LogP) is 3.04. The van der Waals surface area contributed by atoms with E-state index in [4.69, 9.17) is 4.74 Å². The van der Waals surface area contributed by atoms with Crippen molar-refractivity contribution < 1.29 is 9.53 Å². The third-order valence-electron chi connectivity index (χ3n) is 5.12. The lowest BCUT2D eigenvalue weighted by Gasteiger charge is -2.31. The van der Waals surface area contributed by atoms with E-state index >= 15 is 0 Å². The number of nitrogens with zero attached hydrogens (tertiary/aromatic N) is 4. The molecule has 1 aromatic rings. The minimum atomic E-state index is -0.218. The van der Waals surface area contributed by atoms with Crippen molar-refractivity contribution >= 4 is 17.9 Å². The Morgan fingerprint density at radius 2 is 1.81 bits per heavy atom. The molecule has 1 amide bonds. The van der Waals surface area contributed by atoms with Gasteiger partial charge in [0.2, 0.25) is 5.95 Å². The first-order valence-electron chi connectivity index (χ1n) is 9.89. The van der Waals surface area contributed by atoms with Crippen LogP contribution < -0.4 is 10.6 Å². The first-order chi connectivity index (χ1) is 12.7. The Labute approximate surface area is 155 Å². The molecule has 0 radical (unpaired) electrons. The molecular weight excluding hydrogens is 332 g/mol. The van der Waals surface area contributed by atoms with Crippen molar-refractivity contribution in [1.29, 1.82) is 0 Å². The van der Waals surface area contributed by atoms with Gasteiger partial charge in [-0.2, -0.15) is 10.1 Å². The Kier molecular flexibility index (Phi) is 6.85. The summed E-state index contributed by atoms with van der Waals surface area (Å²) >= 11 is 0. The summed E-state index contributed by atoms with van der Waals surface area (Å²) in [6.07, 6.45) is 10.7. The van der Waals surface area contributed by atoms with E-state index in [1.807, 2.05) is 6.92 Å². The van der Waals surface area contributed by atoms with Crippen LogP contribution in [-0.4, -0.2) is 58.0 Å². The molecule has 26 heavy (non-hydrogen) atoms. The summed E-state index contributed by atoms with van der Waals surface area (Å²) in [5, 5.41) is 15.1. The fourth-order valence-corrected chi connectivity index (χ4v) is 3.67. The van der Waals surface area contributed by atoms with Crippen molar-refractivity contribution in [3.8, 4) is 0 Å². The normalized spacial score (nSPS) is 19.7. The van der Waals surface area contributed by atoms with E-state index in [1.165, 1.54) is 38.5 Å². The third kappa shape index (κ3) is 5.44. The van der Waals surface area contributed by atoms with Gasteiger partial charge in [0.15, 0.2) is 5.82 Å². The van der Waals surface area contributed by atoms with Crippen LogP contribution in [0.1, 0.15) is 58.3 Å². The first kappa shape index (κ1) is 18.7. The minimum absolute atomic E-state index is 0.218. The van der Waals surface area contributed by atoms with E-state index in [2.05, 4.69) is 25.8 Å². The monoisotopic (exact) mass is 362 g/mol. The van der Waals surface area contributed by atoms with Gasteiger partial charge in [-0.3, -0.25) is 0 Å². The number of nitrogens with one attached hydrogen (secondary N) is 2. The summed E-state index contributed by atoms with van der Waals surface area (Å²) in [6, 6.07) is 0.727. The molecule has 1 aromatic heterocycles. The van der Waals surface area contributed by atoms with Crippen molar-refractivity contribution in [3.05, 3.63) is 6.20 Å². The van der Waals surface area contributed by atoms with Gasteiger partial charge in [-0.1, -0.05) is 25.7 Å². The van der Waals surface area contributed by atoms with Gasteiger partial charge in [-0.05, 0) is 32.6 Å². The molecule has 2 fully saturated rings. The summed E-state index contributed by atoms with van der Waals surface area (Å²) in [7, 11) is 0. The number of amides is 1. The Balaban J connectivity index is 1.49. The molecule has 0 atom stereocenters. The van der Waals surface area contributed by atoms with Crippen molar-refractivity contribution in [3.63, 3.8) is 0 Å². The van der Waals surface area contributed by atoms with Gasteiger partial charge in [0.1, 0.15) is 0 Å². The largest absolute Gasteiger partial charge is 0.450 e. The van der Waals surface area contributed by atoms with Gasteiger partial charge in [0.25, 0.3) is 0 Å². The molecule has 0 bridgehead atoms. The summed E-state index contributed by atoms with van der Waals surface area (Å²) in [6.45, 7) is 3.64. The summed E-state index contributed by atoms with van der Waals surface area (Å²) in [5.41, 5.74) is 0. The lowest BCUT2D eigenvalue weighted by molar-refractivity contribution is 0.0983. The van der Waals surface area contributed by atoms with Crippen molar-refractivity contribution in [2.24, 2.45) is 0 Å². The van der Waals surface area contributed by atoms with Crippen LogP contribution in [0.15, 0.2) is 6.20 Å². The van der Waals surface area contributed by atoms with Crippen LogP contribution in [0.4, 0.5) is 16.6 Å². The van der Waals surface area contributed by atoms with E-state index in [9.17, 15) is 4.79 Å². The zero-order valence-electron chi connectivity index (χ0n) is 15.6. The smallest absolute Gasteiger partial charge is 0.409 e. The minimum Gasteiger partial charge on any atom is -0.450 e. The highest BCUT2D eigenvalue weighted by Gasteiger charge is 2.24. The topological polar surface area (TPSA) is 92.3 Å². The molecule has 1 saturated carbocycles. The van der Waals surface area contributed by atoms with Crippen LogP contribution in [0.2, 0.25) is 0 Å². The summed E-state index contributed by atoms with van der Waals surface area (Å²) in [4.78, 5) is 18.1. The van der Waals surface area contributed by atoms with E-state index < -0.39 is 0 Å². The van der Waals surface area contributed by atoms with Crippen molar-refractivity contribution in [2.75, 3.05) is 30.3 Å². The molecular formula is C18H30N6O2. The fraction of sp³-hybridized carbons (Fsp3) is 0.778. The second-order valence-electron chi connectivity index (χ2n) is 7.10. The number of carbonyl (C=O) groups is 1. The number of likely N-dealkylation sites (tertiary alicyclic amines) is 1. The molecule has 0 aromatic carbocycles. The Morgan fingerprint density at radius 3 is 2.50 bits per heavy atom. The number of anilines is 2. The van der Waals surface area contributed by atoms with E-state index in [0.717, 1.165) is 18.7 Å². The molecule has 2 aliphatic rings. The van der Waals surface area contributed by atoms with Gasteiger partial charge in [0, 0.05) is 25.2 Å². The predicted molar refractivity (Wildman–Crippen MR) is 100 cm³/mol. The average Bonchev–Trinajstić information content (AvgIpc) is 2.91. The molecule has 2 heterocycles. The fourth-order valence-electron chi connectivity index (χ4n) is 3.67.